The average molecular weight is 257 g/mol. The molecule has 98 valence electrons. The number of hydrogen-bond acceptors (Lipinski definition) is 4. The van der Waals surface area contributed by atoms with Crippen LogP contribution in [0.15, 0.2) is 23.1 Å². The summed E-state index contributed by atoms with van der Waals surface area (Å²) >= 11 is 0. The van der Waals surface area contributed by atoms with E-state index in [0.717, 1.165) is 30.3 Å². The molecular formula is C13H15N5O. The van der Waals surface area contributed by atoms with Crippen molar-refractivity contribution in [2.45, 2.75) is 25.4 Å². The summed E-state index contributed by atoms with van der Waals surface area (Å²) < 4.78 is 2.15. The third-order valence-corrected chi connectivity index (χ3v) is 3.88. The van der Waals surface area contributed by atoms with Crippen molar-refractivity contribution < 1.29 is 0 Å². The number of fused-ring (bicyclic) bond motifs is 1. The molecule has 6 heteroatoms. The van der Waals surface area contributed by atoms with Gasteiger partial charge in [0.1, 0.15) is 0 Å². The highest BCUT2D eigenvalue weighted by atomic mass is 16.1. The minimum absolute atomic E-state index is 0.109. The van der Waals surface area contributed by atoms with Crippen molar-refractivity contribution >= 4 is 0 Å². The number of rotatable bonds is 2. The van der Waals surface area contributed by atoms with Crippen LogP contribution in [0.1, 0.15) is 24.7 Å². The van der Waals surface area contributed by atoms with Gasteiger partial charge in [0.2, 0.25) is 5.56 Å². The van der Waals surface area contributed by atoms with Gasteiger partial charge in [-0.1, -0.05) is 0 Å². The van der Waals surface area contributed by atoms with E-state index in [0.29, 0.717) is 12.0 Å². The lowest BCUT2D eigenvalue weighted by atomic mass is 10.1. The molecule has 0 spiro atoms. The zero-order valence-electron chi connectivity index (χ0n) is 10.5. The van der Waals surface area contributed by atoms with Gasteiger partial charge in [-0.15, -0.1) is 10.2 Å². The summed E-state index contributed by atoms with van der Waals surface area (Å²) in [4.78, 5) is 14.0. The summed E-state index contributed by atoms with van der Waals surface area (Å²) in [5.74, 6) is 2.52. The molecule has 0 radical (unpaired) electrons. The molecule has 2 aromatic rings. The molecule has 0 amide bonds. The Morgan fingerprint density at radius 3 is 3.00 bits per heavy atom. The van der Waals surface area contributed by atoms with Crippen molar-refractivity contribution in [1.29, 1.82) is 0 Å². The van der Waals surface area contributed by atoms with E-state index in [4.69, 9.17) is 0 Å². The fraction of sp³-hybridized carbons (Fsp3) is 0.462. The lowest BCUT2D eigenvalue weighted by Gasteiger charge is -2.24. The molecule has 19 heavy (non-hydrogen) atoms. The zero-order valence-corrected chi connectivity index (χ0v) is 10.5. The topological polar surface area (TPSA) is 75.6 Å². The highest BCUT2D eigenvalue weighted by Gasteiger charge is 2.37. The number of pyridine rings is 1. The van der Waals surface area contributed by atoms with E-state index in [1.54, 1.807) is 12.3 Å². The molecule has 0 saturated heterocycles. The highest BCUT2D eigenvalue weighted by molar-refractivity contribution is 5.54. The number of hydrogen-bond donors (Lipinski definition) is 2. The Kier molecular flexibility index (Phi) is 2.32. The maximum absolute atomic E-state index is 11.4. The molecule has 6 nitrogen and oxygen atoms in total. The van der Waals surface area contributed by atoms with E-state index in [-0.39, 0.29) is 5.56 Å². The van der Waals surface area contributed by atoms with Crippen LogP contribution in [-0.2, 0) is 6.54 Å². The predicted molar refractivity (Wildman–Crippen MR) is 69.5 cm³/mol. The van der Waals surface area contributed by atoms with Gasteiger partial charge in [0.05, 0.1) is 6.04 Å². The smallest absolute Gasteiger partial charge is 0.248 e. The first-order chi connectivity index (χ1) is 9.33. The molecule has 0 aromatic carbocycles. The second-order valence-corrected chi connectivity index (χ2v) is 5.24. The SMILES string of the molecule is O=c1cc(-c2nnc3n2CCNC3C2CC2)cc[nH]1. The standard InChI is InChI=1S/C13H15N5O/c19-10-7-9(3-4-14-10)12-16-17-13-11(8-1-2-8)15-5-6-18(12)13/h3-4,7-8,11,15H,1-2,5-6H2,(H,14,19). The van der Waals surface area contributed by atoms with Crippen LogP contribution >= 0.6 is 0 Å². The molecule has 1 atom stereocenters. The first-order valence-electron chi connectivity index (χ1n) is 6.68. The summed E-state index contributed by atoms with van der Waals surface area (Å²) in [7, 11) is 0. The Morgan fingerprint density at radius 1 is 1.32 bits per heavy atom. The predicted octanol–water partition coefficient (Wildman–Crippen LogP) is 0.688. The van der Waals surface area contributed by atoms with Gasteiger partial charge in [0.15, 0.2) is 11.6 Å². The number of aromatic nitrogens is 4. The van der Waals surface area contributed by atoms with Crippen LogP contribution in [0.5, 0.6) is 0 Å². The van der Waals surface area contributed by atoms with E-state index in [2.05, 4.69) is 25.1 Å². The van der Waals surface area contributed by atoms with Gasteiger partial charge in [-0.2, -0.15) is 0 Å². The summed E-state index contributed by atoms with van der Waals surface area (Å²) in [6.45, 7) is 1.79. The quantitative estimate of drug-likeness (QED) is 0.830. The first-order valence-corrected chi connectivity index (χ1v) is 6.68. The number of H-pyrrole nitrogens is 1. The maximum Gasteiger partial charge on any atom is 0.248 e. The van der Waals surface area contributed by atoms with Crippen molar-refractivity contribution in [3.8, 4) is 11.4 Å². The molecule has 1 unspecified atom stereocenters. The maximum atomic E-state index is 11.4. The van der Waals surface area contributed by atoms with Crippen LogP contribution in [0, 0.1) is 5.92 Å². The number of aromatic amines is 1. The summed E-state index contributed by atoms with van der Waals surface area (Å²) in [5.41, 5.74) is 0.724. The molecule has 0 bridgehead atoms. The van der Waals surface area contributed by atoms with E-state index < -0.39 is 0 Å². The third kappa shape index (κ3) is 1.79. The lowest BCUT2D eigenvalue weighted by Crippen LogP contribution is -2.35. The number of nitrogens with zero attached hydrogens (tertiary/aromatic N) is 3. The molecular weight excluding hydrogens is 242 g/mol. The van der Waals surface area contributed by atoms with Gasteiger partial charge < -0.3 is 14.9 Å². The van der Waals surface area contributed by atoms with Gasteiger partial charge in [0.25, 0.3) is 0 Å². The Morgan fingerprint density at radius 2 is 2.21 bits per heavy atom. The summed E-state index contributed by atoms with van der Waals surface area (Å²) in [6, 6.07) is 3.77. The molecule has 1 saturated carbocycles. The van der Waals surface area contributed by atoms with Crippen molar-refractivity contribution in [1.82, 2.24) is 25.1 Å². The van der Waals surface area contributed by atoms with E-state index in [1.165, 1.54) is 12.8 Å². The zero-order chi connectivity index (χ0) is 12.8. The van der Waals surface area contributed by atoms with Gasteiger partial charge >= 0.3 is 0 Å². The van der Waals surface area contributed by atoms with Crippen LogP contribution < -0.4 is 10.9 Å². The van der Waals surface area contributed by atoms with Gasteiger partial charge in [-0.3, -0.25) is 4.79 Å². The summed E-state index contributed by atoms with van der Waals surface area (Å²) in [5, 5.41) is 12.2. The molecule has 2 N–H and O–H groups in total. The average Bonchev–Trinajstić information content (AvgIpc) is 3.17. The first kappa shape index (κ1) is 10.9. The van der Waals surface area contributed by atoms with Crippen LogP contribution in [-0.4, -0.2) is 26.3 Å². The molecule has 1 aliphatic heterocycles. The fourth-order valence-corrected chi connectivity index (χ4v) is 2.79. The van der Waals surface area contributed by atoms with Gasteiger partial charge in [0, 0.05) is 30.9 Å². The van der Waals surface area contributed by atoms with Crippen LogP contribution in [0.25, 0.3) is 11.4 Å². The second-order valence-electron chi connectivity index (χ2n) is 5.24. The largest absolute Gasteiger partial charge is 0.329 e. The monoisotopic (exact) mass is 257 g/mol. The summed E-state index contributed by atoms with van der Waals surface area (Å²) in [6.07, 6.45) is 4.19. The van der Waals surface area contributed by atoms with Crippen molar-refractivity contribution in [2.24, 2.45) is 5.92 Å². The minimum Gasteiger partial charge on any atom is -0.329 e. The Balaban J connectivity index is 1.80. The Hall–Kier alpha value is -1.95. The molecule has 4 rings (SSSR count). The van der Waals surface area contributed by atoms with E-state index >= 15 is 0 Å². The van der Waals surface area contributed by atoms with Crippen molar-refractivity contribution in [3.63, 3.8) is 0 Å². The number of nitrogens with one attached hydrogen (secondary N) is 2. The van der Waals surface area contributed by atoms with Crippen LogP contribution in [0.4, 0.5) is 0 Å². The molecule has 2 aliphatic rings. The van der Waals surface area contributed by atoms with Crippen molar-refractivity contribution in [3.05, 3.63) is 34.5 Å². The normalized spacial score (nSPS) is 22.2. The Labute approximate surface area is 109 Å². The van der Waals surface area contributed by atoms with Crippen LogP contribution in [0.2, 0.25) is 0 Å². The van der Waals surface area contributed by atoms with Gasteiger partial charge in [-0.25, -0.2) is 0 Å². The molecule has 1 aliphatic carbocycles. The molecule has 3 heterocycles. The van der Waals surface area contributed by atoms with E-state index in [9.17, 15) is 4.79 Å². The molecule has 2 aromatic heterocycles. The highest BCUT2D eigenvalue weighted by Crippen LogP contribution is 2.41. The van der Waals surface area contributed by atoms with Gasteiger partial charge in [-0.05, 0) is 24.8 Å². The molecule has 1 fully saturated rings. The minimum atomic E-state index is -0.109. The lowest BCUT2D eigenvalue weighted by molar-refractivity contribution is 0.383. The third-order valence-electron chi connectivity index (χ3n) is 3.88. The van der Waals surface area contributed by atoms with E-state index in [1.807, 2.05) is 6.07 Å². The van der Waals surface area contributed by atoms with Crippen molar-refractivity contribution in [2.75, 3.05) is 6.54 Å². The second kappa shape index (κ2) is 4.03. The Bertz CT molecular complexity index is 670. The van der Waals surface area contributed by atoms with Crippen LogP contribution in [0.3, 0.4) is 0 Å². The fourth-order valence-electron chi connectivity index (χ4n) is 2.79.